The molecule has 0 aliphatic carbocycles. The molecular formula is C18H19N3. The van der Waals surface area contributed by atoms with Crippen LogP contribution < -0.4 is 5.73 Å². The number of fused-ring (bicyclic) bond motifs is 1. The van der Waals surface area contributed by atoms with E-state index in [1.54, 1.807) is 0 Å². The van der Waals surface area contributed by atoms with Gasteiger partial charge >= 0.3 is 0 Å². The van der Waals surface area contributed by atoms with Crippen LogP contribution in [-0.2, 0) is 6.42 Å². The fourth-order valence-corrected chi connectivity index (χ4v) is 2.58. The molecule has 1 heterocycles. The Hall–Kier alpha value is -2.26. The highest BCUT2D eigenvalue weighted by Crippen LogP contribution is 2.25. The van der Waals surface area contributed by atoms with Crippen molar-refractivity contribution in [2.24, 2.45) is 5.73 Å². The molecule has 0 radical (unpaired) electrons. The van der Waals surface area contributed by atoms with E-state index in [0.29, 0.717) is 0 Å². The van der Waals surface area contributed by atoms with Crippen LogP contribution in [0.5, 0.6) is 0 Å². The maximum Gasteiger partial charge on any atom is 0.126 e. The Bertz CT molecular complexity index is 763. The van der Waals surface area contributed by atoms with E-state index < -0.39 is 0 Å². The molecular weight excluding hydrogens is 258 g/mol. The highest BCUT2D eigenvalue weighted by molar-refractivity contribution is 5.81. The summed E-state index contributed by atoms with van der Waals surface area (Å²) in [5, 5.41) is 1.02. The van der Waals surface area contributed by atoms with Crippen molar-refractivity contribution in [3.8, 4) is 0 Å². The van der Waals surface area contributed by atoms with Gasteiger partial charge in [-0.3, -0.25) is 0 Å². The van der Waals surface area contributed by atoms with Crippen molar-refractivity contribution in [2.75, 3.05) is 0 Å². The largest absolute Gasteiger partial charge is 0.319 e. The van der Waals surface area contributed by atoms with Gasteiger partial charge in [0.05, 0.1) is 17.3 Å². The lowest BCUT2D eigenvalue weighted by Crippen LogP contribution is -2.15. The lowest BCUT2D eigenvalue weighted by molar-refractivity contribution is 0.822. The van der Waals surface area contributed by atoms with E-state index in [4.69, 9.17) is 5.73 Å². The van der Waals surface area contributed by atoms with Crippen LogP contribution >= 0.6 is 0 Å². The SMILES string of the molecule is CCc1ccc(C(N)c2nc(C)nc3ccccc23)cc1. The van der Waals surface area contributed by atoms with Crippen LogP contribution in [0, 0.1) is 6.92 Å². The molecule has 0 aliphatic rings. The van der Waals surface area contributed by atoms with Crippen molar-refractivity contribution in [3.63, 3.8) is 0 Å². The monoisotopic (exact) mass is 277 g/mol. The van der Waals surface area contributed by atoms with Gasteiger partial charge in [-0.25, -0.2) is 9.97 Å². The highest BCUT2D eigenvalue weighted by atomic mass is 14.9. The second-order valence-electron chi connectivity index (χ2n) is 5.25. The number of benzene rings is 2. The van der Waals surface area contributed by atoms with Gasteiger partial charge in [0.15, 0.2) is 0 Å². The van der Waals surface area contributed by atoms with Crippen molar-refractivity contribution in [1.82, 2.24) is 9.97 Å². The minimum Gasteiger partial charge on any atom is -0.319 e. The van der Waals surface area contributed by atoms with Gasteiger partial charge in [0.25, 0.3) is 0 Å². The Morgan fingerprint density at radius 3 is 2.43 bits per heavy atom. The normalized spacial score (nSPS) is 12.5. The number of aryl methyl sites for hydroxylation is 2. The lowest BCUT2D eigenvalue weighted by Gasteiger charge is -2.15. The molecule has 3 heteroatoms. The van der Waals surface area contributed by atoms with Crippen molar-refractivity contribution in [2.45, 2.75) is 26.3 Å². The third-order valence-corrected chi connectivity index (χ3v) is 3.79. The van der Waals surface area contributed by atoms with Gasteiger partial charge in [-0.1, -0.05) is 49.4 Å². The molecule has 2 N–H and O–H groups in total. The fourth-order valence-electron chi connectivity index (χ4n) is 2.58. The summed E-state index contributed by atoms with van der Waals surface area (Å²) in [7, 11) is 0. The number of para-hydroxylation sites is 1. The molecule has 0 amide bonds. The van der Waals surface area contributed by atoms with Crippen molar-refractivity contribution in [1.29, 1.82) is 0 Å². The molecule has 2 aromatic carbocycles. The Kier molecular flexibility index (Phi) is 3.67. The maximum absolute atomic E-state index is 6.45. The zero-order chi connectivity index (χ0) is 14.8. The highest BCUT2D eigenvalue weighted by Gasteiger charge is 2.15. The maximum atomic E-state index is 6.45. The van der Waals surface area contributed by atoms with Crippen LogP contribution in [0.15, 0.2) is 48.5 Å². The number of hydrogen-bond donors (Lipinski definition) is 1. The minimum atomic E-state index is -0.234. The van der Waals surface area contributed by atoms with E-state index in [-0.39, 0.29) is 6.04 Å². The molecule has 0 spiro atoms. The summed E-state index contributed by atoms with van der Waals surface area (Å²) in [4.78, 5) is 9.06. The van der Waals surface area contributed by atoms with Crippen molar-refractivity contribution in [3.05, 3.63) is 71.2 Å². The number of nitrogens with zero attached hydrogens (tertiary/aromatic N) is 2. The summed E-state index contributed by atoms with van der Waals surface area (Å²) in [5.41, 5.74) is 10.7. The van der Waals surface area contributed by atoms with E-state index in [1.807, 2.05) is 31.2 Å². The predicted molar refractivity (Wildman–Crippen MR) is 86.1 cm³/mol. The third kappa shape index (κ3) is 2.65. The van der Waals surface area contributed by atoms with Crippen LogP contribution in [0.2, 0.25) is 0 Å². The molecule has 21 heavy (non-hydrogen) atoms. The molecule has 0 saturated carbocycles. The number of rotatable bonds is 3. The zero-order valence-electron chi connectivity index (χ0n) is 12.4. The third-order valence-electron chi connectivity index (χ3n) is 3.79. The van der Waals surface area contributed by atoms with Gasteiger partial charge in [-0.2, -0.15) is 0 Å². The first kappa shape index (κ1) is 13.7. The minimum absolute atomic E-state index is 0.234. The number of nitrogens with two attached hydrogens (primary N) is 1. The van der Waals surface area contributed by atoms with E-state index in [9.17, 15) is 0 Å². The number of hydrogen-bond acceptors (Lipinski definition) is 3. The zero-order valence-corrected chi connectivity index (χ0v) is 12.4. The summed E-state index contributed by atoms with van der Waals surface area (Å²) >= 11 is 0. The van der Waals surface area contributed by atoms with E-state index in [2.05, 4.69) is 41.2 Å². The van der Waals surface area contributed by atoms with Crippen LogP contribution in [0.25, 0.3) is 10.9 Å². The Balaban J connectivity index is 2.09. The first-order valence-electron chi connectivity index (χ1n) is 7.26. The molecule has 1 atom stereocenters. The van der Waals surface area contributed by atoms with E-state index in [0.717, 1.165) is 34.4 Å². The Morgan fingerprint density at radius 2 is 1.71 bits per heavy atom. The molecule has 0 fully saturated rings. The van der Waals surface area contributed by atoms with E-state index >= 15 is 0 Å². The van der Waals surface area contributed by atoms with Crippen molar-refractivity contribution >= 4 is 10.9 Å². The first-order chi connectivity index (χ1) is 10.2. The quantitative estimate of drug-likeness (QED) is 0.796. The molecule has 3 nitrogen and oxygen atoms in total. The van der Waals surface area contributed by atoms with Crippen LogP contribution in [0.1, 0.15) is 35.6 Å². The van der Waals surface area contributed by atoms with Crippen LogP contribution in [0.3, 0.4) is 0 Å². The molecule has 0 saturated heterocycles. The molecule has 106 valence electrons. The second-order valence-corrected chi connectivity index (χ2v) is 5.25. The standard InChI is InChI=1S/C18H19N3/c1-3-13-8-10-14(11-9-13)17(19)18-15-6-4-5-7-16(15)20-12(2)21-18/h4-11,17H,3,19H2,1-2H3. The summed E-state index contributed by atoms with van der Waals surface area (Å²) in [6.07, 6.45) is 1.03. The fraction of sp³-hybridized carbons (Fsp3) is 0.222. The smallest absolute Gasteiger partial charge is 0.126 e. The first-order valence-corrected chi connectivity index (χ1v) is 7.26. The molecule has 3 rings (SSSR count). The van der Waals surface area contributed by atoms with Gasteiger partial charge in [0, 0.05) is 5.39 Å². The summed E-state index contributed by atoms with van der Waals surface area (Å²) in [5.74, 6) is 0.754. The summed E-state index contributed by atoms with van der Waals surface area (Å²) in [6.45, 7) is 4.05. The van der Waals surface area contributed by atoms with Crippen LogP contribution in [-0.4, -0.2) is 9.97 Å². The van der Waals surface area contributed by atoms with Crippen molar-refractivity contribution < 1.29 is 0 Å². The molecule has 1 aromatic heterocycles. The molecule has 3 aromatic rings. The average molecular weight is 277 g/mol. The Morgan fingerprint density at radius 1 is 1.00 bits per heavy atom. The average Bonchev–Trinajstić information content (AvgIpc) is 2.53. The van der Waals surface area contributed by atoms with E-state index in [1.165, 1.54) is 5.56 Å². The summed E-state index contributed by atoms with van der Waals surface area (Å²) in [6, 6.07) is 16.2. The number of aromatic nitrogens is 2. The molecule has 0 aliphatic heterocycles. The second kappa shape index (κ2) is 5.62. The summed E-state index contributed by atoms with van der Waals surface area (Å²) < 4.78 is 0. The Labute approximate surface area is 124 Å². The van der Waals surface area contributed by atoms with Gasteiger partial charge in [-0.05, 0) is 30.5 Å². The van der Waals surface area contributed by atoms with Gasteiger partial charge in [-0.15, -0.1) is 0 Å². The predicted octanol–water partition coefficient (Wildman–Crippen LogP) is 3.55. The van der Waals surface area contributed by atoms with Gasteiger partial charge in [0.2, 0.25) is 0 Å². The molecule has 1 unspecified atom stereocenters. The topological polar surface area (TPSA) is 51.8 Å². The van der Waals surface area contributed by atoms with Gasteiger partial charge in [0.1, 0.15) is 5.82 Å². The lowest BCUT2D eigenvalue weighted by atomic mass is 9.99. The van der Waals surface area contributed by atoms with Gasteiger partial charge < -0.3 is 5.73 Å². The van der Waals surface area contributed by atoms with Crippen LogP contribution in [0.4, 0.5) is 0 Å². The molecule has 0 bridgehead atoms.